The van der Waals surface area contributed by atoms with Gasteiger partial charge < -0.3 is 15.4 Å². The molecule has 3 aliphatic rings. The first kappa shape index (κ1) is 22.4. The summed E-state index contributed by atoms with van der Waals surface area (Å²) < 4.78 is 5.70. The van der Waals surface area contributed by atoms with Gasteiger partial charge in [0, 0.05) is 26.7 Å². The van der Waals surface area contributed by atoms with Crippen LogP contribution >= 0.6 is 0 Å². The fraction of sp³-hybridized carbons (Fsp3) is 0.560. The van der Waals surface area contributed by atoms with Crippen LogP contribution in [0.5, 0.6) is 5.75 Å². The number of benzene rings is 1. The van der Waals surface area contributed by atoms with Crippen molar-refractivity contribution < 1.29 is 14.3 Å². The van der Waals surface area contributed by atoms with Gasteiger partial charge in [-0.2, -0.15) is 0 Å². The fourth-order valence-corrected chi connectivity index (χ4v) is 5.10. The zero-order valence-electron chi connectivity index (χ0n) is 19.0. The summed E-state index contributed by atoms with van der Waals surface area (Å²) in [7, 11) is 1.72. The summed E-state index contributed by atoms with van der Waals surface area (Å²) in [5, 5.41) is 6.52. The topological polar surface area (TPSA) is 83.0 Å². The average Bonchev–Trinajstić information content (AvgIpc) is 3.49. The summed E-state index contributed by atoms with van der Waals surface area (Å²) in [6.07, 6.45) is 8.26. The third kappa shape index (κ3) is 4.66. The Morgan fingerprint density at radius 1 is 1.06 bits per heavy atom. The van der Waals surface area contributed by atoms with Gasteiger partial charge in [0.15, 0.2) is 5.96 Å². The number of hydrogen-bond donors (Lipinski definition) is 2. The highest BCUT2D eigenvalue weighted by molar-refractivity contribution is 6.06. The number of nitrogens with zero attached hydrogens (tertiary/aromatic N) is 2. The van der Waals surface area contributed by atoms with E-state index < -0.39 is 0 Å². The molecule has 4 rings (SSSR count). The number of amides is 2. The second-order valence-corrected chi connectivity index (χ2v) is 8.85. The van der Waals surface area contributed by atoms with Crippen LogP contribution in [-0.2, 0) is 16.0 Å². The van der Waals surface area contributed by atoms with Gasteiger partial charge in [0.1, 0.15) is 5.75 Å². The van der Waals surface area contributed by atoms with Gasteiger partial charge in [-0.1, -0.05) is 37.6 Å². The maximum absolute atomic E-state index is 12.7. The average molecular weight is 439 g/mol. The second kappa shape index (κ2) is 10.2. The third-order valence-corrected chi connectivity index (χ3v) is 6.81. The summed E-state index contributed by atoms with van der Waals surface area (Å²) in [5.74, 6) is 1.85. The molecule has 1 saturated carbocycles. The predicted molar refractivity (Wildman–Crippen MR) is 124 cm³/mol. The van der Waals surface area contributed by atoms with Crippen molar-refractivity contribution in [3.05, 3.63) is 42.0 Å². The lowest BCUT2D eigenvalue weighted by atomic mass is 9.85. The Morgan fingerprint density at radius 3 is 2.34 bits per heavy atom. The fourth-order valence-electron chi connectivity index (χ4n) is 5.10. The van der Waals surface area contributed by atoms with Crippen molar-refractivity contribution in [2.24, 2.45) is 28.7 Å². The Hall–Kier alpha value is -2.83. The van der Waals surface area contributed by atoms with Crippen molar-refractivity contribution >= 4 is 17.8 Å². The second-order valence-electron chi connectivity index (χ2n) is 8.85. The molecule has 2 aliphatic carbocycles. The zero-order chi connectivity index (χ0) is 22.5. The number of likely N-dealkylation sites (tertiary alicyclic amines) is 1. The zero-order valence-corrected chi connectivity index (χ0v) is 19.0. The summed E-state index contributed by atoms with van der Waals surface area (Å²) in [4.78, 5) is 31.2. The molecule has 2 amide bonds. The number of unbranched alkanes of at least 4 members (excludes halogenated alkanes) is 1. The standard InChI is InChI=1S/C25H34N4O3/c1-3-4-15-32-20-9-5-17(6-10-20)11-12-27-25(26-2)28-13-14-29-23(30)21-18-7-8-19(16-18)22(21)24(29)31/h5-10,18-19,21-22H,3-4,11-16H2,1-2H3,(H2,26,27,28). The molecule has 32 heavy (non-hydrogen) atoms. The van der Waals surface area contributed by atoms with Crippen LogP contribution in [0.15, 0.2) is 41.4 Å². The van der Waals surface area contributed by atoms with Crippen LogP contribution in [0.2, 0.25) is 0 Å². The lowest BCUT2D eigenvalue weighted by Crippen LogP contribution is -2.44. The third-order valence-electron chi connectivity index (χ3n) is 6.81. The highest BCUT2D eigenvalue weighted by atomic mass is 16.5. The minimum Gasteiger partial charge on any atom is -0.494 e. The first-order valence-corrected chi connectivity index (χ1v) is 11.8. The van der Waals surface area contributed by atoms with Crippen LogP contribution < -0.4 is 15.4 Å². The quantitative estimate of drug-likeness (QED) is 0.193. The van der Waals surface area contributed by atoms with Gasteiger partial charge in [0.25, 0.3) is 0 Å². The molecular weight excluding hydrogens is 404 g/mol. The Morgan fingerprint density at radius 2 is 1.72 bits per heavy atom. The molecule has 1 aromatic carbocycles. The number of imide groups is 1. The van der Waals surface area contributed by atoms with Crippen LogP contribution in [0.3, 0.4) is 0 Å². The van der Waals surface area contributed by atoms with E-state index in [-0.39, 0.29) is 35.5 Å². The van der Waals surface area contributed by atoms with E-state index in [2.05, 4.69) is 46.8 Å². The molecule has 1 heterocycles. The number of rotatable bonds is 10. The molecular formula is C25H34N4O3. The number of carbonyl (C=O) groups is 2. The van der Waals surface area contributed by atoms with E-state index in [1.54, 1.807) is 7.05 Å². The van der Waals surface area contributed by atoms with Crippen LogP contribution in [0.4, 0.5) is 0 Å². The normalized spacial score (nSPS) is 26.1. The molecule has 4 atom stereocenters. The highest BCUT2D eigenvalue weighted by Crippen LogP contribution is 2.52. The summed E-state index contributed by atoms with van der Waals surface area (Å²) in [5.41, 5.74) is 1.22. The van der Waals surface area contributed by atoms with Gasteiger partial charge in [-0.15, -0.1) is 0 Å². The maximum atomic E-state index is 12.7. The molecule has 1 aliphatic heterocycles. The number of nitrogens with one attached hydrogen (secondary N) is 2. The van der Waals surface area contributed by atoms with E-state index in [1.807, 2.05) is 12.1 Å². The Bertz CT molecular complexity index is 850. The number of guanidine groups is 1. The predicted octanol–water partition coefficient (Wildman–Crippen LogP) is 2.38. The van der Waals surface area contributed by atoms with Crippen molar-refractivity contribution in [1.82, 2.24) is 15.5 Å². The van der Waals surface area contributed by atoms with E-state index in [0.717, 1.165) is 44.6 Å². The van der Waals surface area contributed by atoms with Crippen molar-refractivity contribution in [3.8, 4) is 5.75 Å². The van der Waals surface area contributed by atoms with Crippen molar-refractivity contribution in [1.29, 1.82) is 0 Å². The summed E-state index contributed by atoms with van der Waals surface area (Å²) in [6.45, 7) is 4.51. The van der Waals surface area contributed by atoms with Gasteiger partial charge in [-0.05, 0) is 48.8 Å². The van der Waals surface area contributed by atoms with Crippen LogP contribution in [-0.4, -0.2) is 56.0 Å². The van der Waals surface area contributed by atoms with Gasteiger partial charge in [-0.25, -0.2) is 0 Å². The molecule has 2 fully saturated rings. The molecule has 7 nitrogen and oxygen atoms in total. The van der Waals surface area contributed by atoms with Crippen LogP contribution in [0.1, 0.15) is 31.7 Å². The number of aliphatic imine (C=N–C) groups is 1. The molecule has 1 saturated heterocycles. The van der Waals surface area contributed by atoms with Crippen LogP contribution in [0, 0.1) is 23.7 Å². The molecule has 0 aromatic heterocycles. The smallest absolute Gasteiger partial charge is 0.233 e. The largest absolute Gasteiger partial charge is 0.494 e. The van der Waals surface area contributed by atoms with E-state index in [0.29, 0.717) is 19.0 Å². The molecule has 4 unspecified atom stereocenters. The minimum atomic E-state index is -0.127. The Kier molecular flexibility index (Phi) is 7.12. The van der Waals surface area contributed by atoms with Crippen molar-refractivity contribution in [2.45, 2.75) is 32.6 Å². The van der Waals surface area contributed by atoms with Crippen LogP contribution in [0.25, 0.3) is 0 Å². The Labute approximate surface area is 190 Å². The van der Waals surface area contributed by atoms with Crippen molar-refractivity contribution in [3.63, 3.8) is 0 Å². The number of ether oxygens (including phenoxy) is 1. The van der Waals surface area contributed by atoms with Gasteiger partial charge >= 0.3 is 0 Å². The first-order valence-electron chi connectivity index (χ1n) is 11.8. The van der Waals surface area contributed by atoms with Gasteiger partial charge in [0.2, 0.25) is 11.8 Å². The molecule has 2 bridgehead atoms. The lowest BCUT2D eigenvalue weighted by Gasteiger charge is -2.18. The number of hydrogen-bond acceptors (Lipinski definition) is 4. The van der Waals surface area contributed by atoms with Gasteiger partial charge in [-0.3, -0.25) is 19.5 Å². The monoisotopic (exact) mass is 438 g/mol. The van der Waals surface area contributed by atoms with Gasteiger partial charge in [0.05, 0.1) is 18.4 Å². The highest BCUT2D eigenvalue weighted by Gasteiger charge is 2.58. The number of carbonyl (C=O) groups excluding carboxylic acids is 2. The lowest BCUT2D eigenvalue weighted by molar-refractivity contribution is -0.140. The molecule has 1 aromatic rings. The Balaban J connectivity index is 1.17. The maximum Gasteiger partial charge on any atom is 0.233 e. The summed E-state index contributed by atoms with van der Waals surface area (Å²) in [6, 6.07) is 8.20. The molecule has 7 heteroatoms. The molecule has 0 spiro atoms. The first-order chi connectivity index (χ1) is 15.6. The molecule has 0 radical (unpaired) electrons. The van der Waals surface area contributed by atoms with E-state index in [9.17, 15) is 9.59 Å². The van der Waals surface area contributed by atoms with E-state index >= 15 is 0 Å². The van der Waals surface area contributed by atoms with Crippen molar-refractivity contribution in [2.75, 3.05) is 33.3 Å². The van der Waals surface area contributed by atoms with E-state index in [4.69, 9.17) is 4.74 Å². The summed E-state index contributed by atoms with van der Waals surface area (Å²) >= 11 is 0. The SMILES string of the molecule is CCCCOc1ccc(CCNC(=NC)NCCN2C(=O)C3C4C=CC(C4)C3C2=O)cc1. The van der Waals surface area contributed by atoms with E-state index in [1.165, 1.54) is 10.5 Å². The molecule has 172 valence electrons. The molecule has 2 N–H and O–H groups in total. The number of fused-ring (bicyclic) bond motifs is 5. The number of allylic oxidation sites excluding steroid dienone is 2. The minimum absolute atomic E-state index is 0.00344.